The quantitative estimate of drug-likeness (QED) is 0.847. The summed E-state index contributed by atoms with van der Waals surface area (Å²) in [6.07, 6.45) is 0. The van der Waals surface area contributed by atoms with E-state index in [9.17, 15) is 4.79 Å². The molecule has 1 atom stereocenters. The minimum atomic E-state index is 0.0458. The minimum Gasteiger partial charge on any atom is -0.329 e. The Balaban J connectivity index is 1.91. The second-order valence-corrected chi connectivity index (χ2v) is 6.13. The van der Waals surface area contributed by atoms with Gasteiger partial charge in [0.15, 0.2) is 0 Å². The van der Waals surface area contributed by atoms with Gasteiger partial charge in [0.2, 0.25) is 0 Å². The van der Waals surface area contributed by atoms with Crippen molar-refractivity contribution in [3.05, 3.63) is 70.7 Å². The van der Waals surface area contributed by atoms with E-state index >= 15 is 0 Å². The highest BCUT2D eigenvalue weighted by Gasteiger charge is 2.30. The van der Waals surface area contributed by atoms with Gasteiger partial charge in [-0.3, -0.25) is 4.79 Å². The van der Waals surface area contributed by atoms with Gasteiger partial charge in [-0.2, -0.15) is 0 Å². The third-order valence-corrected chi connectivity index (χ3v) is 4.34. The van der Waals surface area contributed by atoms with E-state index in [4.69, 9.17) is 11.6 Å². The summed E-state index contributed by atoms with van der Waals surface area (Å²) in [7, 11) is 2.09. The van der Waals surface area contributed by atoms with Crippen LogP contribution in [0.4, 0.5) is 0 Å². The average Bonchev–Trinajstić information content (AvgIpc) is 2.55. The van der Waals surface area contributed by atoms with Crippen LogP contribution >= 0.6 is 11.6 Å². The van der Waals surface area contributed by atoms with E-state index in [1.54, 1.807) is 12.1 Å². The molecule has 22 heavy (non-hydrogen) atoms. The number of likely N-dealkylation sites (N-methyl/N-ethyl adjacent to an activating group) is 1. The number of nitrogens with zero attached hydrogens (tertiary/aromatic N) is 2. The number of rotatable bonds is 2. The third kappa shape index (κ3) is 3.16. The second kappa shape index (κ2) is 6.51. The molecule has 3 nitrogen and oxygen atoms in total. The Morgan fingerprint density at radius 3 is 2.59 bits per heavy atom. The van der Waals surface area contributed by atoms with Gasteiger partial charge < -0.3 is 9.80 Å². The monoisotopic (exact) mass is 314 g/mol. The Morgan fingerprint density at radius 2 is 1.86 bits per heavy atom. The lowest BCUT2D eigenvalue weighted by Gasteiger charge is -2.40. The molecule has 0 N–H and O–H groups in total. The SMILES string of the molecule is CN1CCN(C(=O)c2cccc(Cl)c2)[C@@H](c2ccccc2)C1. The summed E-state index contributed by atoms with van der Waals surface area (Å²) in [5, 5.41) is 0.594. The number of carbonyl (C=O) groups excluding carboxylic acids is 1. The van der Waals surface area contributed by atoms with Crippen molar-refractivity contribution < 1.29 is 4.79 Å². The fourth-order valence-corrected chi connectivity index (χ4v) is 3.10. The predicted molar refractivity (Wildman–Crippen MR) is 89.2 cm³/mol. The van der Waals surface area contributed by atoms with Crippen molar-refractivity contribution in [1.29, 1.82) is 0 Å². The normalized spacial score (nSPS) is 19.2. The lowest BCUT2D eigenvalue weighted by Crippen LogP contribution is -2.49. The highest BCUT2D eigenvalue weighted by molar-refractivity contribution is 6.30. The Bertz CT molecular complexity index is 659. The van der Waals surface area contributed by atoms with Gasteiger partial charge in [-0.25, -0.2) is 0 Å². The molecule has 1 aliphatic rings. The molecule has 1 heterocycles. The molecule has 1 aliphatic heterocycles. The van der Waals surface area contributed by atoms with Crippen molar-refractivity contribution in [1.82, 2.24) is 9.80 Å². The predicted octanol–water partition coefficient (Wildman–Crippen LogP) is 3.47. The summed E-state index contributed by atoms with van der Waals surface area (Å²) in [5.41, 5.74) is 1.82. The molecule has 4 heteroatoms. The number of hydrogen-bond donors (Lipinski definition) is 0. The van der Waals surface area contributed by atoms with Crippen LogP contribution in [0.5, 0.6) is 0 Å². The fraction of sp³-hybridized carbons (Fsp3) is 0.278. The van der Waals surface area contributed by atoms with Gasteiger partial charge in [0, 0.05) is 30.2 Å². The van der Waals surface area contributed by atoms with Crippen molar-refractivity contribution >= 4 is 17.5 Å². The molecule has 0 radical (unpaired) electrons. The van der Waals surface area contributed by atoms with E-state index in [2.05, 4.69) is 24.1 Å². The molecule has 1 amide bonds. The largest absolute Gasteiger partial charge is 0.329 e. The van der Waals surface area contributed by atoms with Crippen molar-refractivity contribution in [2.24, 2.45) is 0 Å². The molecule has 1 fully saturated rings. The molecule has 3 rings (SSSR count). The molecule has 2 aromatic carbocycles. The van der Waals surface area contributed by atoms with Gasteiger partial charge in [-0.15, -0.1) is 0 Å². The number of piperazine rings is 1. The molecular formula is C18H19ClN2O. The molecule has 0 aromatic heterocycles. The maximum atomic E-state index is 12.9. The first kappa shape index (κ1) is 15.1. The Hall–Kier alpha value is -1.84. The zero-order valence-electron chi connectivity index (χ0n) is 12.6. The summed E-state index contributed by atoms with van der Waals surface area (Å²) < 4.78 is 0. The zero-order valence-corrected chi connectivity index (χ0v) is 13.3. The Labute approximate surface area is 136 Å². The summed E-state index contributed by atoms with van der Waals surface area (Å²) in [6.45, 7) is 2.45. The van der Waals surface area contributed by atoms with Gasteiger partial charge >= 0.3 is 0 Å². The molecule has 0 aliphatic carbocycles. The second-order valence-electron chi connectivity index (χ2n) is 5.70. The highest BCUT2D eigenvalue weighted by Crippen LogP contribution is 2.27. The summed E-state index contributed by atoms with van der Waals surface area (Å²) in [6, 6.07) is 17.5. The lowest BCUT2D eigenvalue weighted by atomic mass is 10.0. The van der Waals surface area contributed by atoms with E-state index in [0.717, 1.165) is 19.6 Å². The first-order valence-corrected chi connectivity index (χ1v) is 7.83. The van der Waals surface area contributed by atoms with Gasteiger partial charge in [0.05, 0.1) is 6.04 Å². The van der Waals surface area contributed by atoms with Crippen LogP contribution in [0, 0.1) is 0 Å². The first-order chi connectivity index (χ1) is 10.6. The number of carbonyl (C=O) groups is 1. The van der Waals surface area contributed by atoms with Crippen LogP contribution in [-0.2, 0) is 0 Å². The van der Waals surface area contributed by atoms with E-state index < -0.39 is 0 Å². The van der Waals surface area contributed by atoms with Crippen LogP contribution < -0.4 is 0 Å². The molecule has 114 valence electrons. The van der Waals surface area contributed by atoms with Gasteiger partial charge in [0.1, 0.15) is 0 Å². The number of halogens is 1. The van der Waals surface area contributed by atoms with Crippen molar-refractivity contribution in [2.75, 3.05) is 26.7 Å². The molecule has 1 saturated heterocycles. The first-order valence-electron chi connectivity index (χ1n) is 7.45. The van der Waals surface area contributed by atoms with E-state index in [1.807, 2.05) is 35.2 Å². The Morgan fingerprint density at radius 1 is 1.09 bits per heavy atom. The van der Waals surface area contributed by atoms with Crippen LogP contribution in [0.1, 0.15) is 22.0 Å². The van der Waals surface area contributed by atoms with Crippen molar-refractivity contribution in [2.45, 2.75) is 6.04 Å². The summed E-state index contributed by atoms with van der Waals surface area (Å²) in [4.78, 5) is 17.1. The van der Waals surface area contributed by atoms with E-state index in [1.165, 1.54) is 5.56 Å². The van der Waals surface area contributed by atoms with Gasteiger partial charge in [0.25, 0.3) is 5.91 Å². The van der Waals surface area contributed by atoms with E-state index in [0.29, 0.717) is 10.6 Å². The molecular weight excluding hydrogens is 296 g/mol. The highest BCUT2D eigenvalue weighted by atomic mass is 35.5. The number of benzene rings is 2. The van der Waals surface area contributed by atoms with Crippen LogP contribution in [0.25, 0.3) is 0 Å². The van der Waals surface area contributed by atoms with Gasteiger partial charge in [-0.1, -0.05) is 48.0 Å². The third-order valence-electron chi connectivity index (χ3n) is 4.10. The van der Waals surface area contributed by atoms with Crippen molar-refractivity contribution in [3.8, 4) is 0 Å². The van der Waals surface area contributed by atoms with Gasteiger partial charge in [-0.05, 0) is 30.8 Å². The van der Waals surface area contributed by atoms with Crippen molar-refractivity contribution in [3.63, 3.8) is 0 Å². The maximum Gasteiger partial charge on any atom is 0.254 e. The lowest BCUT2D eigenvalue weighted by molar-refractivity contribution is 0.0498. The smallest absolute Gasteiger partial charge is 0.254 e. The summed E-state index contributed by atoms with van der Waals surface area (Å²) in [5.74, 6) is 0.0458. The molecule has 0 saturated carbocycles. The number of hydrogen-bond acceptors (Lipinski definition) is 2. The van der Waals surface area contributed by atoms with Crippen LogP contribution in [-0.4, -0.2) is 42.4 Å². The van der Waals surface area contributed by atoms with E-state index in [-0.39, 0.29) is 11.9 Å². The average molecular weight is 315 g/mol. The minimum absolute atomic E-state index is 0.0458. The molecule has 0 unspecified atom stereocenters. The topological polar surface area (TPSA) is 23.6 Å². The van der Waals surface area contributed by atoms with Crippen LogP contribution in [0.15, 0.2) is 54.6 Å². The van der Waals surface area contributed by atoms with Crippen LogP contribution in [0.2, 0.25) is 5.02 Å². The van der Waals surface area contributed by atoms with Crippen LogP contribution in [0.3, 0.4) is 0 Å². The zero-order chi connectivity index (χ0) is 15.5. The molecule has 0 bridgehead atoms. The molecule has 2 aromatic rings. The fourth-order valence-electron chi connectivity index (χ4n) is 2.91. The Kier molecular flexibility index (Phi) is 4.46. The molecule has 0 spiro atoms. The summed E-state index contributed by atoms with van der Waals surface area (Å²) >= 11 is 6.03. The standard InChI is InChI=1S/C18H19ClN2O/c1-20-10-11-21(17(13-20)14-6-3-2-4-7-14)18(22)15-8-5-9-16(19)12-15/h2-9,12,17H,10-11,13H2,1H3/t17-/m1/s1. The number of amides is 1. The maximum absolute atomic E-state index is 12.9.